The Morgan fingerprint density at radius 1 is 1.32 bits per heavy atom. The zero-order valence-electron chi connectivity index (χ0n) is 15.3. The van der Waals surface area contributed by atoms with Crippen LogP contribution in [0, 0.1) is 19.8 Å². The average molecular weight is 346 g/mol. The van der Waals surface area contributed by atoms with Crippen LogP contribution in [0.3, 0.4) is 0 Å². The molecule has 6 nitrogen and oxygen atoms in total. The summed E-state index contributed by atoms with van der Waals surface area (Å²) in [4.78, 5) is 23.1. The van der Waals surface area contributed by atoms with Crippen molar-refractivity contribution >= 4 is 22.8 Å². The molecule has 0 spiro atoms. The van der Waals surface area contributed by atoms with Gasteiger partial charge in [0.2, 0.25) is 0 Å². The van der Waals surface area contributed by atoms with E-state index in [4.69, 9.17) is 9.84 Å². The zero-order valence-corrected chi connectivity index (χ0v) is 15.3. The molecule has 2 aromatic rings. The van der Waals surface area contributed by atoms with Crippen molar-refractivity contribution in [2.24, 2.45) is 5.92 Å². The van der Waals surface area contributed by atoms with E-state index in [1.807, 2.05) is 18.2 Å². The smallest absolute Gasteiger partial charge is 0.303 e. The third-order valence-corrected chi connectivity index (χ3v) is 4.55. The van der Waals surface area contributed by atoms with Crippen LogP contribution in [-0.4, -0.2) is 41.8 Å². The van der Waals surface area contributed by atoms with Gasteiger partial charge < -0.3 is 19.7 Å². The van der Waals surface area contributed by atoms with Crippen molar-refractivity contribution in [3.8, 4) is 0 Å². The fourth-order valence-electron chi connectivity index (χ4n) is 3.00. The van der Waals surface area contributed by atoms with Crippen LogP contribution >= 0.6 is 0 Å². The van der Waals surface area contributed by atoms with Gasteiger partial charge in [-0.1, -0.05) is 6.92 Å². The number of nitrogens with zero attached hydrogens (tertiary/aromatic N) is 1. The normalized spacial score (nSPS) is 12.3. The Labute approximate surface area is 147 Å². The monoisotopic (exact) mass is 346 g/mol. The van der Waals surface area contributed by atoms with Gasteiger partial charge in [-0.25, -0.2) is 0 Å². The number of carboxylic acids is 1. The molecular formula is C19H26N2O4. The van der Waals surface area contributed by atoms with E-state index >= 15 is 0 Å². The summed E-state index contributed by atoms with van der Waals surface area (Å²) < 4.78 is 7.38. The minimum absolute atomic E-state index is 0.0416. The maximum Gasteiger partial charge on any atom is 0.303 e. The lowest BCUT2D eigenvalue weighted by Crippen LogP contribution is -2.29. The van der Waals surface area contributed by atoms with Crippen molar-refractivity contribution in [1.82, 2.24) is 9.88 Å². The van der Waals surface area contributed by atoms with Gasteiger partial charge in [0.1, 0.15) is 0 Å². The van der Waals surface area contributed by atoms with Crippen molar-refractivity contribution in [3.05, 3.63) is 35.0 Å². The Hall–Kier alpha value is -2.34. The number of amides is 1. The van der Waals surface area contributed by atoms with Gasteiger partial charge in [0.15, 0.2) is 0 Å². The number of hydrogen-bond acceptors (Lipinski definition) is 3. The van der Waals surface area contributed by atoms with E-state index in [9.17, 15) is 9.59 Å². The summed E-state index contributed by atoms with van der Waals surface area (Å²) >= 11 is 0. The Morgan fingerprint density at radius 3 is 2.68 bits per heavy atom. The first-order valence-electron chi connectivity index (χ1n) is 8.43. The topological polar surface area (TPSA) is 80.6 Å². The molecule has 1 amide bonds. The zero-order chi connectivity index (χ0) is 18.6. The molecule has 1 aromatic carbocycles. The maximum absolute atomic E-state index is 12.4. The van der Waals surface area contributed by atoms with Crippen molar-refractivity contribution < 1.29 is 19.4 Å². The number of carbonyl (C=O) groups is 2. The first-order valence-corrected chi connectivity index (χ1v) is 8.43. The number of fused-ring (bicyclic) bond motifs is 1. The molecule has 6 heteroatoms. The van der Waals surface area contributed by atoms with Crippen molar-refractivity contribution in [1.29, 1.82) is 0 Å². The molecule has 0 radical (unpaired) electrons. The van der Waals surface area contributed by atoms with Gasteiger partial charge in [-0.05, 0) is 43.5 Å². The minimum atomic E-state index is -0.855. The largest absolute Gasteiger partial charge is 0.481 e. The van der Waals surface area contributed by atoms with E-state index in [1.165, 1.54) is 5.69 Å². The molecule has 136 valence electrons. The molecule has 0 bridgehead atoms. The quantitative estimate of drug-likeness (QED) is 0.770. The third kappa shape index (κ3) is 4.39. The number of aryl methyl sites for hydroxylation is 1. The van der Waals surface area contributed by atoms with Crippen LogP contribution in [0.15, 0.2) is 18.2 Å². The summed E-state index contributed by atoms with van der Waals surface area (Å²) in [5.74, 6) is -1.14. The molecule has 1 atom stereocenters. The van der Waals surface area contributed by atoms with E-state index < -0.39 is 5.97 Å². The van der Waals surface area contributed by atoms with Gasteiger partial charge in [0, 0.05) is 48.8 Å². The maximum atomic E-state index is 12.4. The number of aromatic nitrogens is 1. The van der Waals surface area contributed by atoms with Gasteiger partial charge >= 0.3 is 5.97 Å². The highest BCUT2D eigenvalue weighted by atomic mass is 16.5. The molecule has 25 heavy (non-hydrogen) atoms. The first kappa shape index (κ1) is 19.0. The molecular weight excluding hydrogens is 320 g/mol. The van der Waals surface area contributed by atoms with E-state index in [0.717, 1.165) is 23.0 Å². The first-order chi connectivity index (χ1) is 11.8. The molecule has 0 aliphatic rings. The molecule has 0 aliphatic carbocycles. The van der Waals surface area contributed by atoms with Crippen LogP contribution in [0.1, 0.15) is 35.0 Å². The summed E-state index contributed by atoms with van der Waals surface area (Å²) in [6.07, 6.45) is 0.0416. The van der Waals surface area contributed by atoms with Crippen molar-refractivity contribution in [3.63, 3.8) is 0 Å². The number of aliphatic carboxylic acids is 1. The number of rotatable bonds is 8. The van der Waals surface area contributed by atoms with Crippen LogP contribution in [0.2, 0.25) is 0 Å². The molecule has 1 heterocycles. The summed E-state index contributed by atoms with van der Waals surface area (Å²) in [6, 6.07) is 5.67. The fraction of sp³-hybridized carbons (Fsp3) is 0.474. The summed E-state index contributed by atoms with van der Waals surface area (Å²) in [7, 11) is 1.68. The van der Waals surface area contributed by atoms with E-state index in [-0.39, 0.29) is 18.2 Å². The van der Waals surface area contributed by atoms with Crippen LogP contribution in [0.4, 0.5) is 0 Å². The Morgan fingerprint density at radius 2 is 2.04 bits per heavy atom. The van der Waals surface area contributed by atoms with Crippen LogP contribution in [-0.2, 0) is 16.1 Å². The molecule has 1 aromatic heterocycles. The number of methoxy groups -OCH3 is 1. The molecule has 0 fully saturated rings. The average Bonchev–Trinajstić information content (AvgIpc) is 2.81. The molecule has 2 N–H and O–H groups in total. The third-order valence-electron chi connectivity index (χ3n) is 4.55. The van der Waals surface area contributed by atoms with Crippen molar-refractivity contribution in [2.45, 2.75) is 33.7 Å². The standard InChI is InChI=1S/C19H26N2O4/c1-12(9-18(22)23)11-20-19(24)15-5-6-17-16(10-15)13(2)14(3)21(17)7-8-25-4/h5-6,10,12H,7-9,11H2,1-4H3,(H,20,24)(H,22,23). The molecule has 0 saturated carbocycles. The van der Waals surface area contributed by atoms with E-state index in [0.29, 0.717) is 18.7 Å². The lowest BCUT2D eigenvalue weighted by Gasteiger charge is -2.11. The van der Waals surface area contributed by atoms with Crippen LogP contribution < -0.4 is 5.32 Å². The van der Waals surface area contributed by atoms with Gasteiger partial charge in [0.25, 0.3) is 5.91 Å². The summed E-state index contributed by atoms with van der Waals surface area (Å²) in [5, 5.41) is 12.7. The fourth-order valence-corrected chi connectivity index (χ4v) is 3.00. The van der Waals surface area contributed by atoms with E-state index in [2.05, 4.69) is 23.7 Å². The second-order valence-corrected chi connectivity index (χ2v) is 6.50. The Kier molecular flexibility index (Phi) is 6.20. The highest BCUT2D eigenvalue weighted by Crippen LogP contribution is 2.26. The van der Waals surface area contributed by atoms with Gasteiger partial charge in [-0.15, -0.1) is 0 Å². The Bertz CT molecular complexity index is 779. The van der Waals surface area contributed by atoms with Crippen molar-refractivity contribution in [2.75, 3.05) is 20.3 Å². The SMILES string of the molecule is COCCn1c(C)c(C)c2cc(C(=O)NCC(C)CC(=O)O)ccc21. The highest BCUT2D eigenvalue weighted by Gasteiger charge is 2.15. The second-order valence-electron chi connectivity index (χ2n) is 6.50. The van der Waals surface area contributed by atoms with E-state index in [1.54, 1.807) is 14.0 Å². The second kappa shape index (κ2) is 8.16. The molecule has 1 unspecified atom stereocenters. The lowest BCUT2D eigenvalue weighted by molar-refractivity contribution is -0.137. The molecule has 0 aliphatic heterocycles. The predicted molar refractivity (Wildman–Crippen MR) is 97.0 cm³/mol. The predicted octanol–water partition coefficient (Wildman–Crippen LogP) is 2.75. The number of ether oxygens (including phenoxy) is 1. The van der Waals surface area contributed by atoms with Crippen LogP contribution in [0.25, 0.3) is 10.9 Å². The number of carbonyl (C=O) groups excluding carboxylic acids is 1. The summed E-state index contributed by atoms with van der Waals surface area (Å²) in [5.41, 5.74) is 3.99. The molecule has 0 saturated heterocycles. The highest BCUT2D eigenvalue weighted by molar-refractivity contribution is 5.99. The van der Waals surface area contributed by atoms with Gasteiger partial charge in [-0.2, -0.15) is 0 Å². The molecule has 2 rings (SSSR count). The number of benzene rings is 1. The summed E-state index contributed by atoms with van der Waals surface area (Å²) in [6.45, 7) is 7.67. The lowest BCUT2D eigenvalue weighted by atomic mass is 10.1. The van der Waals surface area contributed by atoms with Crippen LogP contribution in [0.5, 0.6) is 0 Å². The number of nitrogens with one attached hydrogen (secondary N) is 1. The van der Waals surface area contributed by atoms with Gasteiger partial charge in [-0.3, -0.25) is 9.59 Å². The Balaban J connectivity index is 2.19. The number of hydrogen-bond donors (Lipinski definition) is 2. The number of carboxylic acid groups (broad SMARTS) is 1. The van der Waals surface area contributed by atoms with Gasteiger partial charge in [0.05, 0.1) is 6.61 Å². The minimum Gasteiger partial charge on any atom is -0.481 e.